The van der Waals surface area contributed by atoms with Gasteiger partial charge in [0.15, 0.2) is 0 Å². The van der Waals surface area contributed by atoms with Gasteiger partial charge < -0.3 is 14.8 Å². The van der Waals surface area contributed by atoms with Crippen molar-refractivity contribution in [3.05, 3.63) is 59.7 Å². The molecule has 110 valence electrons. The molecule has 2 aromatic carbocycles. The molecule has 0 heterocycles. The second-order valence-electron chi connectivity index (χ2n) is 4.71. The van der Waals surface area contributed by atoms with Crippen molar-refractivity contribution >= 4 is 11.6 Å². The van der Waals surface area contributed by atoms with Crippen LogP contribution in [0.3, 0.4) is 0 Å². The summed E-state index contributed by atoms with van der Waals surface area (Å²) in [4.78, 5) is 12.0. The Balaban J connectivity index is 1.95. The van der Waals surface area contributed by atoms with Crippen molar-refractivity contribution in [1.29, 1.82) is 0 Å². The monoisotopic (exact) mass is 285 g/mol. The van der Waals surface area contributed by atoms with Gasteiger partial charge in [-0.15, -0.1) is 0 Å². The molecule has 0 spiro atoms. The number of nitrogens with one attached hydrogen (secondary N) is 1. The molecule has 0 unspecified atom stereocenters. The molecular formula is C17H19NO3. The Morgan fingerprint density at radius 2 is 1.81 bits per heavy atom. The highest BCUT2D eigenvalue weighted by Crippen LogP contribution is 2.14. The van der Waals surface area contributed by atoms with Gasteiger partial charge in [-0.05, 0) is 35.4 Å². The second kappa shape index (κ2) is 7.45. The largest absolute Gasteiger partial charge is 0.497 e. The van der Waals surface area contributed by atoms with E-state index in [2.05, 4.69) is 5.32 Å². The van der Waals surface area contributed by atoms with Crippen molar-refractivity contribution in [2.45, 2.75) is 13.0 Å². The number of methoxy groups -OCH3 is 2. The average molecular weight is 285 g/mol. The lowest BCUT2D eigenvalue weighted by Gasteiger charge is -2.08. The van der Waals surface area contributed by atoms with Gasteiger partial charge in [0.1, 0.15) is 5.75 Å². The van der Waals surface area contributed by atoms with Gasteiger partial charge in [-0.1, -0.05) is 24.3 Å². The summed E-state index contributed by atoms with van der Waals surface area (Å²) in [7, 11) is 3.27. The molecule has 0 atom stereocenters. The molecule has 0 saturated carbocycles. The highest BCUT2D eigenvalue weighted by molar-refractivity contribution is 5.92. The van der Waals surface area contributed by atoms with Crippen molar-refractivity contribution < 1.29 is 14.3 Å². The lowest BCUT2D eigenvalue weighted by Crippen LogP contribution is -2.14. The molecule has 0 aliphatic rings. The van der Waals surface area contributed by atoms with Crippen molar-refractivity contribution in [1.82, 2.24) is 0 Å². The van der Waals surface area contributed by atoms with E-state index in [1.54, 1.807) is 14.2 Å². The lowest BCUT2D eigenvalue weighted by molar-refractivity contribution is -0.115. The molecule has 0 aliphatic carbocycles. The van der Waals surface area contributed by atoms with Crippen LogP contribution in [0.15, 0.2) is 48.5 Å². The topological polar surface area (TPSA) is 47.6 Å². The molecule has 4 heteroatoms. The first-order chi connectivity index (χ1) is 10.2. The van der Waals surface area contributed by atoms with Gasteiger partial charge >= 0.3 is 0 Å². The number of hydrogen-bond acceptors (Lipinski definition) is 3. The standard InChI is InChI=1S/C17H19NO3/c1-20-12-14-4-3-5-15(10-14)18-17(19)11-13-6-8-16(21-2)9-7-13/h3-10H,11-12H2,1-2H3,(H,18,19). The third-order valence-electron chi connectivity index (χ3n) is 3.05. The van der Waals surface area contributed by atoms with Gasteiger partial charge in [0, 0.05) is 12.8 Å². The van der Waals surface area contributed by atoms with Crippen LogP contribution in [0, 0.1) is 0 Å². The summed E-state index contributed by atoms with van der Waals surface area (Å²) in [6.45, 7) is 0.530. The van der Waals surface area contributed by atoms with Crippen LogP contribution in [0.2, 0.25) is 0 Å². The van der Waals surface area contributed by atoms with Crippen LogP contribution in [0.25, 0.3) is 0 Å². The van der Waals surface area contributed by atoms with E-state index < -0.39 is 0 Å². The van der Waals surface area contributed by atoms with Crippen molar-refractivity contribution in [3.8, 4) is 5.75 Å². The maximum atomic E-state index is 12.0. The Hall–Kier alpha value is -2.33. The third-order valence-corrected chi connectivity index (χ3v) is 3.05. The zero-order chi connectivity index (χ0) is 15.1. The summed E-state index contributed by atoms with van der Waals surface area (Å²) in [6, 6.07) is 15.1. The zero-order valence-corrected chi connectivity index (χ0v) is 12.3. The van der Waals surface area contributed by atoms with E-state index >= 15 is 0 Å². The van der Waals surface area contributed by atoms with Crippen LogP contribution < -0.4 is 10.1 Å². The number of benzene rings is 2. The number of rotatable bonds is 6. The van der Waals surface area contributed by atoms with E-state index in [0.29, 0.717) is 13.0 Å². The smallest absolute Gasteiger partial charge is 0.228 e. The van der Waals surface area contributed by atoms with Gasteiger partial charge in [-0.2, -0.15) is 0 Å². The molecule has 1 N–H and O–H groups in total. The van der Waals surface area contributed by atoms with Gasteiger partial charge in [0.25, 0.3) is 0 Å². The van der Waals surface area contributed by atoms with E-state index in [4.69, 9.17) is 9.47 Å². The molecule has 1 amide bonds. The fraction of sp³-hybridized carbons (Fsp3) is 0.235. The van der Waals surface area contributed by atoms with Crippen LogP contribution in [-0.4, -0.2) is 20.1 Å². The van der Waals surface area contributed by atoms with Crippen LogP contribution >= 0.6 is 0 Å². The molecule has 21 heavy (non-hydrogen) atoms. The molecule has 4 nitrogen and oxygen atoms in total. The number of anilines is 1. The first kappa shape index (κ1) is 15.1. The summed E-state index contributed by atoms with van der Waals surface area (Å²) < 4.78 is 10.2. The zero-order valence-electron chi connectivity index (χ0n) is 12.3. The molecule has 0 bridgehead atoms. The molecule has 0 fully saturated rings. The van der Waals surface area contributed by atoms with Crippen molar-refractivity contribution in [2.75, 3.05) is 19.5 Å². The number of amides is 1. The molecule has 2 aromatic rings. The first-order valence-corrected chi connectivity index (χ1v) is 6.72. The predicted octanol–water partition coefficient (Wildman–Crippen LogP) is 3.02. The summed E-state index contributed by atoms with van der Waals surface area (Å²) in [6.07, 6.45) is 0.332. The highest BCUT2D eigenvalue weighted by atomic mass is 16.5. The second-order valence-corrected chi connectivity index (χ2v) is 4.71. The molecule has 2 rings (SSSR count). The summed E-state index contributed by atoms with van der Waals surface area (Å²) in [5.41, 5.74) is 2.75. The Kier molecular flexibility index (Phi) is 5.35. The van der Waals surface area contributed by atoms with Crippen molar-refractivity contribution in [2.24, 2.45) is 0 Å². The molecule has 0 aliphatic heterocycles. The Morgan fingerprint density at radius 1 is 1.05 bits per heavy atom. The lowest BCUT2D eigenvalue weighted by atomic mass is 10.1. The molecule has 0 radical (unpaired) electrons. The Morgan fingerprint density at radius 3 is 2.48 bits per heavy atom. The molecular weight excluding hydrogens is 266 g/mol. The predicted molar refractivity (Wildman–Crippen MR) is 82.5 cm³/mol. The van der Waals surface area contributed by atoms with Crippen LogP contribution in [0.1, 0.15) is 11.1 Å². The molecule has 0 aromatic heterocycles. The Labute approximate surface area is 124 Å². The fourth-order valence-electron chi connectivity index (χ4n) is 2.04. The fourth-order valence-corrected chi connectivity index (χ4v) is 2.04. The van der Waals surface area contributed by atoms with E-state index in [-0.39, 0.29) is 5.91 Å². The van der Waals surface area contributed by atoms with Gasteiger partial charge in [-0.3, -0.25) is 4.79 Å². The van der Waals surface area contributed by atoms with E-state index in [1.807, 2.05) is 48.5 Å². The highest BCUT2D eigenvalue weighted by Gasteiger charge is 2.05. The Bertz CT molecular complexity index is 593. The third kappa shape index (κ3) is 4.61. The number of carbonyl (C=O) groups excluding carboxylic acids is 1. The van der Waals surface area contributed by atoms with Gasteiger partial charge in [0.2, 0.25) is 5.91 Å². The molecule has 0 saturated heterocycles. The van der Waals surface area contributed by atoms with Crippen LogP contribution in [0.5, 0.6) is 5.75 Å². The quantitative estimate of drug-likeness (QED) is 0.887. The van der Waals surface area contributed by atoms with E-state index in [0.717, 1.165) is 22.6 Å². The van der Waals surface area contributed by atoms with Crippen LogP contribution in [-0.2, 0) is 22.6 Å². The van der Waals surface area contributed by atoms with Gasteiger partial charge in [-0.25, -0.2) is 0 Å². The summed E-state index contributed by atoms with van der Waals surface area (Å²) in [5, 5.41) is 2.89. The maximum absolute atomic E-state index is 12.0. The number of ether oxygens (including phenoxy) is 2. The maximum Gasteiger partial charge on any atom is 0.228 e. The van der Waals surface area contributed by atoms with Crippen LogP contribution in [0.4, 0.5) is 5.69 Å². The summed E-state index contributed by atoms with van der Waals surface area (Å²) in [5.74, 6) is 0.737. The SMILES string of the molecule is COCc1cccc(NC(=O)Cc2ccc(OC)cc2)c1. The normalized spacial score (nSPS) is 10.2. The van der Waals surface area contributed by atoms with E-state index in [9.17, 15) is 4.79 Å². The minimum Gasteiger partial charge on any atom is -0.497 e. The average Bonchev–Trinajstić information content (AvgIpc) is 2.48. The first-order valence-electron chi connectivity index (χ1n) is 6.72. The minimum absolute atomic E-state index is 0.0465. The summed E-state index contributed by atoms with van der Waals surface area (Å²) >= 11 is 0. The van der Waals surface area contributed by atoms with E-state index in [1.165, 1.54) is 0 Å². The number of carbonyl (C=O) groups is 1. The van der Waals surface area contributed by atoms with Gasteiger partial charge in [0.05, 0.1) is 20.1 Å². The minimum atomic E-state index is -0.0465. The van der Waals surface area contributed by atoms with Crippen molar-refractivity contribution in [3.63, 3.8) is 0 Å². The number of hydrogen-bond donors (Lipinski definition) is 1.